The van der Waals surface area contributed by atoms with Gasteiger partial charge >= 0.3 is 0 Å². The number of hydrogen-bond donors (Lipinski definition) is 1. The molecule has 16 heavy (non-hydrogen) atoms. The monoisotopic (exact) mass is 221 g/mol. The molecule has 1 aliphatic rings. The molecule has 1 aliphatic heterocycles. The van der Waals surface area contributed by atoms with Crippen molar-refractivity contribution in [1.29, 1.82) is 0 Å². The average molecular weight is 221 g/mol. The summed E-state index contributed by atoms with van der Waals surface area (Å²) in [5, 5.41) is 2.78. The van der Waals surface area contributed by atoms with E-state index in [9.17, 15) is 4.79 Å². The fourth-order valence-electron chi connectivity index (χ4n) is 1.73. The Hall–Kier alpha value is -1.71. The molecule has 0 spiro atoms. The molecule has 0 atom stereocenters. The number of hydrogen-bond acceptors (Lipinski definition) is 3. The molecule has 1 aromatic rings. The highest BCUT2D eigenvalue weighted by molar-refractivity contribution is 5.72. The third-order valence-corrected chi connectivity index (χ3v) is 2.60. The highest BCUT2D eigenvalue weighted by Gasteiger charge is 2.15. The van der Waals surface area contributed by atoms with Crippen molar-refractivity contribution < 1.29 is 14.3 Å². The van der Waals surface area contributed by atoms with Crippen LogP contribution in [-0.2, 0) is 11.2 Å². The lowest BCUT2D eigenvalue weighted by Gasteiger charge is -2.07. The number of carbonyl (C=O) groups excluding carboxylic acids is 1. The second-order valence-electron chi connectivity index (χ2n) is 3.86. The SMILES string of the molecule is CC(=O)NCCc1cc2c(cc1C)OCO2. The van der Waals surface area contributed by atoms with Crippen molar-refractivity contribution in [3.8, 4) is 11.5 Å². The molecule has 2 rings (SSSR count). The fourth-order valence-corrected chi connectivity index (χ4v) is 1.73. The van der Waals surface area contributed by atoms with Crippen LogP contribution in [0.5, 0.6) is 11.5 Å². The highest BCUT2D eigenvalue weighted by atomic mass is 16.7. The predicted octanol–water partition coefficient (Wildman–Crippen LogP) is 1.40. The number of fused-ring (bicyclic) bond motifs is 1. The molecule has 1 N–H and O–H groups in total. The number of nitrogens with one attached hydrogen (secondary N) is 1. The van der Waals surface area contributed by atoms with Gasteiger partial charge < -0.3 is 14.8 Å². The van der Waals surface area contributed by atoms with Gasteiger partial charge in [0.15, 0.2) is 11.5 Å². The van der Waals surface area contributed by atoms with Crippen LogP contribution in [0.2, 0.25) is 0 Å². The first kappa shape index (κ1) is 10.8. The minimum atomic E-state index is -0.00148. The van der Waals surface area contributed by atoms with Crippen LogP contribution < -0.4 is 14.8 Å². The Morgan fingerprint density at radius 2 is 2.06 bits per heavy atom. The van der Waals surface area contributed by atoms with Crippen LogP contribution in [0.4, 0.5) is 0 Å². The smallest absolute Gasteiger partial charge is 0.231 e. The van der Waals surface area contributed by atoms with Crippen molar-refractivity contribution in [3.63, 3.8) is 0 Å². The van der Waals surface area contributed by atoms with Gasteiger partial charge in [-0.1, -0.05) is 0 Å². The Labute approximate surface area is 94.6 Å². The van der Waals surface area contributed by atoms with Crippen molar-refractivity contribution >= 4 is 5.91 Å². The maximum absolute atomic E-state index is 10.8. The summed E-state index contributed by atoms with van der Waals surface area (Å²) in [5.74, 6) is 1.60. The molecule has 0 bridgehead atoms. The topological polar surface area (TPSA) is 47.6 Å². The van der Waals surface area contributed by atoms with Crippen LogP contribution in [0, 0.1) is 6.92 Å². The molecule has 4 nitrogen and oxygen atoms in total. The summed E-state index contributed by atoms with van der Waals surface area (Å²) in [6, 6.07) is 3.96. The van der Waals surface area contributed by atoms with Crippen molar-refractivity contribution in [2.24, 2.45) is 0 Å². The first-order chi connectivity index (χ1) is 7.66. The molecule has 86 valence electrons. The Morgan fingerprint density at radius 1 is 1.38 bits per heavy atom. The first-order valence-corrected chi connectivity index (χ1v) is 5.30. The van der Waals surface area contributed by atoms with Gasteiger partial charge in [0, 0.05) is 13.5 Å². The van der Waals surface area contributed by atoms with Gasteiger partial charge in [-0.25, -0.2) is 0 Å². The molecule has 4 heteroatoms. The van der Waals surface area contributed by atoms with Crippen LogP contribution in [0.15, 0.2) is 12.1 Å². The van der Waals surface area contributed by atoms with E-state index < -0.39 is 0 Å². The van der Waals surface area contributed by atoms with E-state index in [2.05, 4.69) is 5.32 Å². The molecule has 0 unspecified atom stereocenters. The van der Waals surface area contributed by atoms with Gasteiger partial charge in [0.2, 0.25) is 12.7 Å². The Kier molecular flexibility index (Phi) is 2.99. The molecule has 1 heterocycles. The molecular weight excluding hydrogens is 206 g/mol. The van der Waals surface area contributed by atoms with Crippen LogP contribution in [0.1, 0.15) is 18.1 Å². The summed E-state index contributed by atoms with van der Waals surface area (Å²) in [6.07, 6.45) is 0.808. The van der Waals surface area contributed by atoms with Gasteiger partial charge in [0.1, 0.15) is 0 Å². The van der Waals surface area contributed by atoms with E-state index >= 15 is 0 Å². The van der Waals surface area contributed by atoms with E-state index in [1.807, 2.05) is 19.1 Å². The number of rotatable bonds is 3. The third kappa shape index (κ3) is 2.27. The highest BCUT2D eigenvalue weighted by Crippen LogP contribution is 2.34. The number of benzene rings is 1. The minimum absolute atomic E-state index is 0.00148. The molecule has 1 aromatic carbocycles. The number of amides is 1. The second kappa shape index (κ2) is 4.43. The van der Waals surface area contributed by atoms with Crippen molar-refractivity contribution in [2.45, 2.75) is 20.3 Å². The summed E-state index contributed by atoms with van der Waals surface area (Å²) in [7, 11) is 0. The van der Waals surface area contributed by atoms with Crippen molar-refractivity contribution in [1.82, 2.24) is 5.32 Å². The van der Waals surface area contributed by atoms with Gasteiger partial charge in [-0.05, 0) is 36.6 Å². The summed E-state index contributed by atoms with van der Waals surface area (Å²) in [4.78, 5) is 10.8. The van der Waals surface area contributed by atoms with Crippen LogP contribution >= 0.6 is 0 Å². The van der Waals surface area contributed by atoms with Gasteiger partial charge in [-0.2, -0.15) is 0 Å². The summed E-state index contributed by atoms with van der Waals surface area (Å²) in [5.41, 5.74) is 2.34. The average Bonchev–Trinajstić information content (AvgIpc) is 2.64. The molecule has 0 radical (unpaired) electrons. The molecular formula is C12H15NO3. The van der Waals surface area contributed by atoms with E-state index in [0.29, 0.717) is 13.3 Å². The largest absolute Gasteiger partial charge is 0.454 e. The van der Waals surface area contributed by atoms with Crippen LogP contribution in [-0.4, -0.2) is 19.2 Å². The Morgan fingerprint density at radius 3 is 2.75 bits per heavy atom. The lowest BCUT2D eigenvalue weighted by Crippen LogP contribution is -2.22. The lowest BCUT2D eigenvalue weighted by molar-refractivity contribution is -0.118. The summed E-state index contributed by atoms with van der Waals surface area (Å²) < 4.78 is 10.6. The second-order valence-corrected chi connectivity index (χ2v) is 3.86. The summed E-state index contributed by atoms with van der Waals surface area (Å²) in [6.45, 7) is 4.50. The zero-order chi connectivity index (χ0) is 11.5. The minimum Gasteiger partial charge on any atom is -0.454 e. The maximum atomic E-state index is 10.8. The van der Waals surface area contributed by atoms with Gasteiger partial charge in [0.05, 0.1) is 0 Å². The molecule has 0 saturated carbocycles. The van der Waals surface area contributed by atoms with Crippen LogP contribution in [0.25, 0.3) is 0 Å². The zero-order valence-electron chi connectivity index (χ0n) is 9.50. The fraction of sp³-hybridized carbons (Fsp3) is 0.417. The number of carbonyl (C=O) groups is 1. The molecule has 1 amide bonds. The van der Waals surface area contributed by atoms with Gasteiger partial charge in [-0.3, -0.25) is 4.79 Å². The summed E-state index contributed by atoms with van der Waals surface area (Å²) >= 11 is 0. The number of ether oxygens (including phenoxy) is 2. The zero-order valence-corrected chi connectivity index (χ0v) is 9.50. The quantitative estimate of drug-likeness (QED) is 0.839. The predicted molar refractivity (Wildman–Crippen MR) is 59.7 cm³/mol. The van der Waals surface area contributed by atoms with Crippen molar-refractivity contribution in [3.05, 3.63) is 23.3 Å². The molecule has 0 aliphatic carbocycles. The standard InChI is InChI=1S/C12H15NO3/c1-8-5-11-12(16-7-15-11)6-10(8)3-4-13-9(2)14/h5-6H,3-4,7H2,1-2H3,(H,13,14). The molecule has 0 aromatic heterocycles. The third-order valence-electron chi connectivity index (χ3n) is 2.60. The number of aryl methyl sites for hydroxylation is 1. The van der Waals surface area contributed by atoms with Gasteiger partial charge in [0.25, 0.3) is 0 Å². The van der Waals surface area contributed by atoms with Crippen molar-refractivity contribution in [2.75, 3.05) is 13.3 Å². The normalized spacial score (nSPS) is 12.6. The Balaban J connectivity index is 2.06. The first-order valence-electron chi connectivity index (χ1n) is 5.30. The van der Waals surface area contributed by atoms with E-state index in [1.165, 1.54) is 12.5 Å². The lowest BCUT2D eigenvalue weighted by atomic mass is 10.0. The van der Waals surface area contributed by atoms with E-state index in [1.54, 1.807) is 0 Å². The van der Waals surface area contributed by atoms with E-state index in [0.717, 1.165) is 23.5 Å². The van der Waals surface area contributed by atoms with Crippen LogP contribution in [0.3, 0.4) is 0 Å². The molecule has 0 saturated heterocycles. The Bertz CT molecular complexity index is 415. The van der Waals surface area contributed by atoms with E-state index in [-0.39, 0.29) is 5.91 Å². The van der Waals surface area contributed by atoms with E-state index in [4.69, 9.17) is 9.47 Å². The van der Waals surface area contributed by atoms with Gasteiger partial charge in [-0.15, -0.1) is 0 Å². The molecule has 0 fully saturated rings. The maximum Gasteiger partial charge on any atom is 0.231 e.